The first-order chi connectivity index (χ1) is 9.49. The molecule has 0 radical (unpaired) electrons. The second-order valence-corrected chi connectivity index (χ2v) is 5.14. The van der Waals surface area contributed by atoms with Gasteiger partial charge >= 0.3 is 0 Å². The second-order valence-electron chi connectivity index (χ2n) is 4.70. The maximum absolute atomic E-state index is 12.2. The van der Waals surface area contributed by atoms with Crippen LogP contribution in [-0.2, 0) is 0 Å². The molecule has 0 bridgehead atoms. The number of phenolic OH excluding ortho intramolecular Hbond substituents is 1. The number of halogens is 1. The largest absolute Gasteiger partial charge is 0.508 e. The summed E-state index contributed by atoms with van der Waals surface area (Å²) in [5.41, 5.74) is 1.98. The van der Waals surface area contributed by atoms with Crippen molar-refractivity contribution in [1.29, 1.82) is 0 Å². The third-order valence-corrected chi connectivity index (χ3v) is 3.48. The molecule has 0 aliphatic carbocycles. The van der Waals surface area contributed by atoms with Crippen LogP contribution in [0.25, 0.3) is 0 Å². The van der Waals surface area contributed by atoms with E-state index in [9.17, 15) is 9.90 Å². The van der Waals surface area contributed by atoms with Crippen LogP contribution in [0.3, 0.4) is 0 Å². The Bertz CT molecular complexity index is 640. The number of phenols is 1. The Morgan fingerprint density at radius 1 is 1.25 bits per heavy atom. The summed E-state index contributed by atoms with van der Waals surface area (Å²) in [4.78, 5) is 12.2. The summed E-state index contributed by atoms with van der Waals surface area (Å²) in [6.07, 6.45) is 0. The highest BCUT2D eigenvalue weighted by Crippen LogP contribution is 2.21. The SMILES string of the molecule is Cc1c(O)cccc1C(=O)NC(C)c1cccc(Cl)c1. The van der Waals surface area contributed by atoms with Gasteiger partial charge in [-0.25, -0.2) is 0 Å². The Labute approximate surface area is 123 Å². The zero-order valence-corrected chi connectivity index (χ0v) is 12.1. The van der Waals surface area contributed by atoms with Crippen molar-refractivity contribution in [3.05, 3.63) is 64.2 Å². The van der Waals surface area contributed by atoms with E-state index in [-0.39, 0.29) is 17.7 Å². The highest BCUT2D eigenvalue weighted by Gasteiger charge is 2.14. The minimum atomic E-state index is -0.217. The molecule has 2 N–H and O–H groups in total. The van der Waals surface area contributed by atoms with E-state index >= 15 is 0 Å². The standard InChI is InChI=1S/C16H16ClNO2/c1-10-14(7-4-8-15(10)19)16(20)18-11(2)12-5-3-6-13(17)9-12/h3-9,11,19H,1-2H3,(H,18,20). The van der Waals surface area contributed by atoms with Gasteiger partial charge in [-0.05, 0) is 43.7 Å². The van der Waals surface area contributed by atoms with Gasteiger partial charge in [-0.15, -0.1) is 0 Å². The number of carbonyl (C=O) groups excluding carboxylic acids is 1. The van der Waals surface area contributed by atoms with Crippen LogP contribution < -0.4 is 5.32 Å². The average molecular weight is 290 g/mol. The summed E-state index contributed by atoms with van der Waals surface area (Å²) in [6, 6.07) is 12.1. The van der Waals surface area contributed by atoms with E-state index in [1.165, 1.54) is 0 Å². The van der Waals surface area contributed by atoms with E-state index < -0.39 is 0 Å². The van der Waals surface area contributed by atoms with Gasteiger partial charge in [-0.2, -0.15) is 0 Å². The molecule has 2 rings (SSSR count). The van der Waals surface area contributed by atoms with Crippen molar-refractivity contribution in [1.82, 2.24) is 5.32 Å². The smallest absolute Gasteiger partial charge is 0.252 e. The number of benzene rings is 2. The molecular formula is C16H16ClNO2. The third kappa shape index (κ3) is 3.11. The summed E-state index contributed by atoms with van der Waals surface area (Å²) in [5.74, 6) is -0.0982. The monoisotopic (exact) mass is 289 g/mol. The lowest BCUT2D eigenvalue weighted by molar-refractivity contribution is 0.0939. The van der Waals surface area contributed by atoms with Gasteiger partial charge in [0.25, 0.3) is 5.91 Å². The first-order valence-electron chi connectivity index (χ1n) is 6.34. The molecular weight excluding hydrogens is 274 g/mol. The lowest BCUT2D eigenvalue weighted by Gasteiger charge is -2.16. The summed E-state index contributed by atoms with van der Waals surface area (Å²) < 4.78 is 0. The van der Waals surface area contributed by atoms with Gasteiger partial charge in [0, 0.05) is 16.1 Å². The molecule has 20 heavy (non-hydrogen) atoms. The van der Waals surface area contributed by atoms with Crippen LogP contribution in [0.4, 0.5) is 0 Å². The summed E-state index contributed by atoms with van der Waals surface area (Å²) in [6.45, 7) is 3.61. The average Bonchev–Trinajstić information content (AvgIpc) is 2.41. The van der Waals surface area contributed by atoms with Crippen molar-refractivity contribution in [2.45, 2.75) is 19.9 Å². The number of nitrogens with one attached hydrogen (secondary N) is 1. The second kappa shape index (κ2) is 5.97. The van der Waals surface area contributed by atoms with Crippen LogP contribution in [-0.4, -0.2) is 11.0 Å². The van der Waals surface area contributed by atoms with Crippen LogP contribution in [0, 0.1) is 6.92 Å². The van der Waals surface area contributed by atoms with Crippen LogP contribution in [0.15, 0.2) is 42.5 Å². The number of amides is 1. The van der Waals surface area contributed by atoms with E-state index in [4.69, 9.17) is 11.6 Å². The third-order valence-electron chi connectivity index (χ3n) is 3.25. The van der Waals surface area contributed by atoms with Crippen LogP contribution in [0.2, 0.25) is 5.02 Å². The van der Waals surface area contributed by atoms with Crippen molar-refractivity contribution in [2.24, 2.45) is 0 Å². The van der Waals surface area contributed by atoms with Gasteiger partial charge in [0.15, 0.2) is 0 Å². The van der Waals surface area contributed by atoms with Gasteiger partial charge < -0.3 is 10.4 Å². The molecule has 1 unspecified atom stereocenters. The normalized spacial score (nSPS) is 11.9. The quantitative estimate of drug-likeness (QED) is 0.902. The van der Waals surface area contributed by atoms with Gasteiger partial charge in [-0.1, -0.05) is 29.8 Å². The van der Waals surface area contributed by atoms with Crippen molar-refractivity contribution < 1.29 is 9.90 Å². The molecule has 0 spiro atoms. The molecule has 0 saturated carbocycles. The van der Waals surface area contributed by atoms with E-state index in [1.54, 1.807) is 31.2 Å². The minimum Gasteiger partial charge on any atom is -0.508 e. The molecule has 1 atom stereocenters. The van der Waals surface area contributed by atoms with E-state index in [1.807, 2.05) is 25.1 Å². The molecule has 0 fully saturated rings. The Kier molecular flexibility index (Phi) is 4.30. The maximum Gasteiger partial charge on any atom is 0.252 e. The Morgan fingerprint density at radius 2 is 1.95 bits per heavy atom. The van der Waals surface area contributed by atoms with Crippen molar-refractivity contribution >= 4 is 17.5 Å². The molecule has 2 aromatic rings. The Hall–Kier alpha value is -2.00. The molecule has 0 aromatic heterocycles. The van der Waals surface area contributed by atoms with Gasteiger partial charge in [0.2, 0.25) is 0 Å². The topological polar surface area (TPSA) is 49.3 Å². The number of rotatable bonds is 3. The van der Waals surface area contributed by atoms with Crippen molar-refractivity contribution in [2.75, 3.05) is 0 Å². The molecule has 4 heteroatoms. The summed E-state index contributed by atoms with van der Waals surface area (Å²) >= 11 is 5.94. The molecule has 2 aromatic carbocycles. The first kappa shape index (κ1) is 14.4. The lowest BCUT2D eigenvalue weighted by Crippen LogP contribution is -2.27. The Balaban J connectivity index is 2.17. The predicted octanol–water partition coefficient (Wildman–Crippen LogP) is 3.85. The molecule has 1 amide bonds. The molecule has 0 aliphatic heterocycles. The number of hydrogen-bond donors (Lipinski definition) is 2. The molecule has 0 aliphatic rings. The summed E-state index contributed by atoms with van der Waals surface area (Å²) in [7, 11) is 0. The highest BCUT2D eigenvalue weighted by molar-refractivity contribution is 6.30. The number of carbonyl (C=O) groups is 1. The van der Waals surface area contributed by atoms with Gasteiger partial charge in [0.1, 0.15) is 5.75 Å². The fourth-order valence-corrected chi connectivity index (χ4v) is 2.20. The van der Waals surface area contributed by atoms with Crippen LogP contribution in [0.5, 0.6) is 5.75 Å². The first-order valence-corrected chi connectivity index (χ1v) is 6.71. The minimum absolute atomic E-state index is 0.119. The zero-order valence-electron chi connectivity index (χ0n) is 11.4. The predicted molar refractivity (Wildman–Crippen MR) is 80.2 cm³/mol. The highest BCUT2D eigenvalue weighted by atomic mass is 35.5. The summed E-state index contributed by atoms with van der Waals surface area (Å²) in [5, 5.41) is 13.2. The molecule has 3 nitrogen and oxygen atoms in total. The van der Waals surface area contributed by atoms with Crippen molar-refractivity contribution in [3.8, 4) is 5.75 Å². The lowest BCUT2D eigenvalue weighted by atomic mass is 10.1. The molecule has 104 valence electrons. The number of hydrogen-bond acceptors (Lipinski definition) is 2. The number of aromatic hydroxyl groups is 1. The maximum atomic E-state index is 12.2. The van der Waals surface area contributed by atoms with Crippen LogP contribution in [0.1, 0.15) is 34.5 Å². The molecule has 0 heterocycles. The zero-order chi connectivity index (χ0) is 14.7. The Morgan fingerprint density at radius 3 is 2.65 bits per heavy atom. The van der Waals surface area contributed by atoms with E-state index in [2.05, 4.69) is 5.32 Å². The van der Waals surface area contributed by atoms with Crippen LogP contribution >= 0.6 is 11.6 Å². The van der Waals surface area contributed by atoms with E-state index in [0.717, 1.165) is 5.56 Å². The van der Waals surface area contributed by atoms with E-state index in [0.29, 0.717) is 16.1 Å². The fraction of sp³-hybridized carbons (Fsp3) is 0.188. The van der Waals surface area contributed by atoms with Gasteiger partial charge in [0.05, 0.1) is 6.04 Å². The van der Waals surface area contributed by atoms with Gasteiger partial charge in [-0.3, -0.25) is 4.79 Å². The fourth-order valence-electron chi connectivity index (χ4n) is 2.00. The molecule has 0 saturated heterocycles. The van der Waals surface area contributed by atoms with Crippen molar-refractivity contribution in [3.63, 3.8) is 0 Å².